The smallest absolute Gasteiger partial charge is 0.163 e. The normalized spacial score (nSPS) is 15.3. The number of nitrogens with two attached hydrogens (primary N) is 1. The molecule has 0 aromatic heterocycles. The average molecular weight is 312 g/mol. The number of benzene rings is 2. The lowest BCUT2D eigenvalue weighted by Gasteiger charge is -2.23. The fraction of sp³-hybridized carbons (Fsp3) is 0.368. The monoisotopic (exact) mass is 312 g/mol. The summed E-state index contributed by atoms with van der Waals surface area (Å²) in [6, 6.07) is 15.7. The predicted octanol–water partition coefficient (Wildman–Crippen LogP) is 3.23. The van der Waals surface area contributed by atoms with Crippen LogP contribution >= 0.6 is 0 Å². The number of anilines is 1. The molecule has 1 saturated heterocycles. The standard InChI is InChI=1S/C19H24N2O2/c20-17-6-7-18(22-14-16-8-10-21-11-9-16)19(12-17)23-13-15-4-2-1-3-5-15/h1-7,12,16,21H,8-11,13-14,20H2. The van der Waals surface area contributed by atoms with Gasteiger partial charge in [-0.05, 0) is 49.5 Å². The van der Waals surface area contributed by atoms with Crippen LogP contribution in [0.15, 0.2) is 48.5 Å². The van der Waals surface area contributed by atoms with Crippen molar-refractivity contribution in [1.82, 2.24) is 5.32 Å². The molecule has 1 aliphatic rings. The van der Waals surface area contributed by atoms with Crippen molar-refractivity contribution >= 4 is 5.69 Å². The second-order valence-electron chi connectivity index (χ2n) is 5.98. The lowest BCUT2D eigenvalue weighted by molar-refractivity contribution is 0.202. The Morgan fingerprint density at radius 2 is 1.74 bits per heavy atom. The first-order valence-electron chi connectivity index (χ1n) is 8.21. The summed E-state index contributed by atoms with van der Waals surface area (Å²) >= 11 is 0. The zero-order valence-corrected chi connectivity index (χ0v) is 13.3. The molecule has 0 spiro atoms. The Balaban J connectivity index is 1.62. The molecule has 4 heteroatoms. The van der Waals surface area contributed by atoms with Crippen LogP contribution in [0, 0.1) is 5.92 Å². The molecule has 3 rings (SSSR count). The van der Waals surface area contributed by atoms with Gasteiger partial charge in [0.2, 0.25) is 0 Å². The summed E-state index contributed by atoms with van der Waals surface area (Å²) in [4.78, 5) is 0. The van der Waals surface area contributed by atoms with Crippen molar-refractivity contribution in [2.75, 3.05) is 25.4 Å². The molecule has 122 valence electrons. The highest BCUT2D eigenvalue weighted by molar-refractivity contribution is 5.52. The quantitative estimate of drug-likeness (QED) is 0.804. The summed E-state index contributed by atoms with van der Waals surface area (Å²) in [5.74, 6) is 2.09. The Morgan fingerprint density at radius 1 is 0.957 bits per heavy atom. The highest BCUT2D eigenvalue weighted by Crippen LogP contribution is 2.31. The topological polar surface area (TPSA) is 56.5 Å². The third-order valence-corrected chi connectivity index (χ3v) is 4.14. The number of hydrogen-bond acceptors (Lipinski definition) is 4. The molecular formula is C19H24N2O2. The van der Waals surface area contributed by atoms with Crippen molar-refractivity contribution in [3.63, 3.8) is 0 Å². The Morgan fingerprint density at radius 3 is 2.52 bits per heavy atom. The molecule has 0 saturated carbocycles. The number of piperidine rings is 1. The molecule has 0 unspecified atom stereocenters. The highest BCUT2D eigenvalue weighted by Gasteiger charge is 2.15. The maximum absolute atomic E-state index is 6.01. The summed E-state index contributed by atoms with van der Waals surface area (Å²) < 4.78 is 11.9. The lowest BCUT2D eigenvalue weighted by Crippen LogP contribution is -2.30. The summed E-state index contributed by atoms with van der Waals surface area (Å²) in [5, 5.41) is 3.37. The van der Waals surface area contributed by atoms with Crippen LogP contribution in [-0.4, -0.2) is 19.7 Å². The summed E-state index contributed by atoms with van der Waals surface area (Å²) in [6.45, 7) is 3.39. The SMILES string of the molecule is Nc1ccc(OCC2CCNCC2)c(OCc2ccccc2)c1. The van der Waals surface area contributed by atoms with E-state index in [-0.39, 0.29) is 0 Å². The van der Waals surface area contributed by atoms with Crippen LogP contribution in [-0.2, 0) is 6.61 Å². The summed E-state index contributed by atoms with van der Waals surface area (Å²) in [6.07, 6.45) is 2.32. The molecule has 2 aromatic rings. The highest BCUT2D eigenvalue weighted by atomic mass is 16.5. The van der Waals surface area contributed by atoms with Crippen LogP contribution in [0.1, 0.15) is 18.4 Å². The molecule has 0 atom stereocenters. The van der Waals surface area contributed by atoms with Gasteiger partial charge < -0.3 is 20.5 Å². The second kappa shape index (κ2) is 7.88. The number of rotatable bonds is 6. The van der Waals surface area contributed by atoms with E-state index in [0.29, 0.717) is 24.0 Å². The molecule has 3 N–H and O–H groups in total. The van der Waals surface area contributed by atoms with Gasteiger partial charge in [0.1, 0.15) is 6.61 Å². The first kappa shape index (κ1) is 15.7. The minimum atomic E-state index is 0.508. The van der Waals surface area contributed by atoms with Crippen LogP contribution in [0.4, 0.5) is 5.69 Å². The number of hydrogen-bond donors (Lipinski definition) is 2. The van der Waals surface area contributed by atoms with Gasteiger partial charge in [-0.1, -0.05) is 30.3 Å². The Kier molecular flexibility index (Phi) is 5.37. The van der Waals surface area contributed by atoms with E-state index in [1.54, 1.807) is 0 Å². The van der Waals surface area contributed by atoms with Crippen LogP contribution in [0.3, 0.4) is 0 Å². The van der Waals surface area contributed by atoms with E-state index in [1.807, 2.05) is 48.5 Å². The first-order chi connectivity index (χ1) is 11.3. The van der Waals surface area contributed by atoms with E-state index in [0.717, 1.165) is 43.9 Å². The molecule has 2 aromatic carbocycles. The molecule has 1 heterocycles. The van der Waals surface area contributed by atoms with Crippen LogP contribution in [0.25, 0.3) is 0 Å². The van der Waals surface area contributed by atoms with Crippen molar-refractivity contribution in [3.05, 3.63) is 54.1 Å². The molecule has 1 fully saturated rings. The van der Waals surface area contributed by atoms with Crippen LogP contribution in [0.5, 0.6) is 11.5 Å². The Bertz CT molecular complexity index is 610. The first-order valence-corrected chi connectivity index (χ1v) is 8.21. The maximum atomic E-state index is 6.01. The van der Waals surface area contributed by atoms with Gasteiger partial charge in [-0.15, -0.1) is 0 Å². The number of nitrogen functional groups attached to an aromatic ring is 1. The van der Waals surface area contributed by atoms with Crippen LogP contribution < -0.4 is 20.5 Å². The second-order valence-corrected chi connectivity index (χ2v) is 5.98. The predicted molar refractivity (Wildman–Crippen MR) is 92.7 cm³/mol. The summed E-state index contributed by atoms with van der Waals surface area (Å²) in [5.41, 5.74) is 7.70. The molecule has 0 radical (unpaired) electrons. The van der Waals surface area contributed by atoms with E-state index in [2.05, 4.69) is 5.32 Å². The van der Waals surface area contributed by atoms with Crippen molar-refractivity contribution < 1.29 is 9.47 Å². The molecule has 4 nitrogen and oxygen atoms in total. The summed E-state index contributed by atoms with van der Waals surface area (Å²) in [7, 11) is 0. The van der Waals surface area contributed by atoms with Gasteiger partial charge in [-0.3, -0.25) is 0 Å². The molecule has 23 heavy (non-hydrogen) atoms. The zero-order chi connectivity index (χ0) is 15.9. The van der Waals surface area contributed by atoms with Crippen molar-refractivity contribution in [3.8, 4) is 11.5 Å². The van der Waals surface area contributed by atoms with E-state index in [1.165, 1.54) is 0 Å². The third-order valence-electron chi connectivity index (χ3n) is 4.14. The largest absolute Gasteiger partial charge is 0.489 e. The molecular weight excluding hydrogens is 288 g/mol. The fourth-order valence-electron chi connectivity index (χ4n) is 2.75. The Hall–Kier alpha value is -2.20. The average Bonchev–Trinajstić information content (AvgIpc) is 2.61. The molecule has 0 amide bonds. The van der Waals surface area contributed by atoms with Crippen molar-refractivity contribution in [2.45, 2.75) is 19.4 Å². The third kappa shape index (κ3) is 4.63. The molecule has 0 bridgehead atoms. The lowest BCUT2D eigenvalue weighted by atomic mass is 9.99. The van der Waals surface area contributed by atoms with Crippen LogP contribution in [0.2, 0.25) is 0 Å². The van der Waals surface area contributed by atoms with Gasteiger partial charge in [0.25, 0.3) is 0 Å². The van der Waals surface area contributed by atoms with Gasteiger partial charge in [-0.25, -0.2) is 0 Å². The van der Waals surface area contributed by atoms with Gasteiger partial charge in [0, 0.05) is 11.8 Å². The van der Waals surface area contributed by atoms with Crippen molar-refractivity contribution in [1.29, 1.82) is 0 Å². The minimum absolute atomic E-state index is 0.508. The van der Waals surface area contributed by atoms with Gasteiger partial charge in [-0.2, -0.15) is 0 Å². The van der Waals surface area contributed by atoms with E-state index < -0.39 is 0 Å². The maximum Gasteiger partial charge on any atom is 0.163 e. The van der Waals surface area contributed by atoms with E-state index >= 15 is 0 Å². The Labute approximate surface area is 137 Å². The van der Waals surface area contributed by atoms with Gasteiger partial charge in [0.05, 0.1) is 6.61 Å². The minimum Gasteiger partial charge on any atom is -0.489 e. The molecule has 1 aliphatic heterocycles. The van der Waals surface area contributed by atoms with E-state index in [4.69, 9.17) is 15.2 Å². The zero-order valence-electron chi connectivity index (χ0n) is 13.3. The van der Waals surface area contributed by atoms with Gasteiger partial charge >= 0.3 is 0 Å². The number of nitrogens with one attached hydrogen (secondary N) is 1. The number of ether oxygens (including phenoxy) is 2. The fourth-order valence-corrected chi connectivity index (χ4v) is 2.75. The van der Waals surface area contributed by atoms with Crippen molar-refractivity contribution in [2.24, 2.45) is 5.92 Å². The van der Waals surface area contributed by atoms with Gasteiger partial charge in [0.15, 0.2) is 11.5 Å². The molecule has 0 aliphatic carbocycles. The van der Waals surface area contributed by atoms with E-state index in [9.17, 15) is 0 Å².